The second-order valence-corrected chi connectivity index (χ2v) is 3.02. The predicted octanol–water partition coefficient (Wildman–Crippen LogP) is 0.802. The third-order valence-corrected chi connectivity index (χ3v) is 2.13. The van der Waals surface area contributed by atoms with Crippen molar-refractivity contribution in [2.45, 2.75) is 13.1 Å². The minimum absolute atomic E-state index is 0.230. The molecule has 1 aliphatic heterocycles. The summed E-state index contributed by atoms with van der Waals surface area (Å²) < 4.78 is 12.8. The summed E-state index contributed by atoms with van der Waals surface area (Å²) in [7, 11) is 0. The summed E-state index contributed by atoms with van der Waals surface area (Å²) >= 11 is 0. The first-order valence-electron chi connectivity index (χ1n) is 4.01. The third-order valence-electron chi connectivity index (χ3n) is 2.13. The molecule has 0 atom stereocenters. The van der Waals surface area contributed by atoms with Crippen molar-refractivity contribution in [3.8, 4) is 0 Å². The number of amides is 1. The van der Waals surface area contributed by atoms with Gasteiger partial charge in [-0.15, -0.1) is 0 Å². The Bertz CT molecular complexity index is 340. The van der Waals surface area contributed by atoms with Gasteiger partial charge in [-0.25, -0.2) is 9.40 Å². The van der Waals surface area contributed by atoms with E-state index < -0.39 is 0 Å². The first kappa shape index (κ1) is 8.19. The average molecular weight is 180 g/mol. The Morgan fingerprint density at radius 1 is 1.38 bits per heavy atom. The van der Waals surface area contributed by atoms with E-state index in [1.54, 1.807) is 11.1 Å². The van der Waals surface area contributed by atoms with Gasteiger partial charge in [0, 0.05) is 13.1 Å². The summed E-state index contributed by atoms with van der Waals surface area (Å²) in [6.45, 7) is 1.22. The topological polar surface area (TPSA) is 32.3 Å². The molecule has 1 aromatic carbocycles. The maximum absolute atomic E-state index is 12.8. The Balaban J connectivity index is 2.20. The van der Waals surface area contributed by atoms with Crippen LogP contribution in [0.4, 0.5) is 4.39 Å². The summed E-state index contributed by atoms with van der Waals surface area (Å²) in [5, 5.41) is 1.73. The van der Waals surface area contributed by atoms with Gasteiger partial charge in [-0.1, -0.05) is 6.07 Å². The molecule has 0 unspecified atom stereocenters. The number of nitrogens with one attached hydrogen (secondary N) is 1. The fraction of sp³-hybridized carbons (Fsp3) is 0.222. The van der Waals surface area contributed by atoms with Crippen molar-refractivity contribution >= 4 is 6.41 Å². The highest BCUT2D eigenvalue weighted by atomic mass is 19.1. The summed E-state index contributed by atoms with van der Waals surface area (Å²) in [6.07, 6.45) is 0.627. The lowest BCUT2D eigenvalue weighted by atomic mass is 10.1. The smallest absolute Gasteiger partial charge is 0.221 e. The molecule has 4 heteroatoms. The normalized spacial score (nSPS) is 15.5. The average Bonchev–Trinajstić information content (AvgIpc) is 2.46. The lowest BCUT2D eigenvalue weighted by Crippen LogP contribution is -2.31. The number of hydrogen-bond acceptors (Lipinski definition) is 2. The Hall–Kier alpha value is -1.42. The van der Waals surface area contributed by atoms with Crippen molar-refractivity contribution in [3.63, 3.8) is 0 Å². The van der Waals surface area contributed by atoms with Gasteiger partial charge in [0.25, 0.3) is 0 Å². The first-order chi connectivity index (χ1) is 6.29. The lowest BCUT2D eigenvalue weighted by molar-refractivity contribution is -0.114. The van der Waals surface area contributed by atoms with E-state index in [9.17, 15) is 9.18 Å². The largest absolute Gasteiger partial charge is 0.291 e. The Morgan fingerprint density at radius 3 is 2.92 bits per heavy atom. The maximum atomic E-state index is 12.8. The van der Waals surface area contributed by atoms with Gasteiger partial charge >= 0.3 is 0 Å². The van der Waals surface area contributed by atoms with E-state index in [4.69, 9.17) is 0 Å². The molecule has 0 saturated heterocycles. The van der Waals surface area contributed by atoms with Crippen LogP contribution in [0.1, 0.15) is 11.1 Å². The van der Waals surface area contributed by atoms with E-state index in [0.717, 1.165) is 11.1 Å². The maximum Gasteiger partial charge on any atom is 0.221 e. The SMILES string of the molecule is O=CNN1Cc2ccc(F)cc2C1. The molecular weight excluding hydrogens is 171 g/mol. The van der Waals surface area contributed by atoms with E-state index in [1.165, 1.54) is 12.1 Å². The number of rotatable bonds is 2. The van der Waals surface area contributed by atoms with Crippen LogP contribution in [0.25, 0.3) is 0 Å². The van der Waals surface area contributed by atoms with Gasteiger partial charge in [0.1, 0.15) is 5.82 Å². The number of carbonyl (C=O) groups excluding carboxylic acids is 1. The molecule has 1 heterocycles. The van der Waals surface area contributed by atoms with Crippen molar-refractivity contribution in [1.82, 2.24) is 10.4 Å². The zero-order valence-electron chi connectivity index (χ0n) is 6.96. The molecule has 0 spiro atoms. The van der Waals surface area contributed by atoms with Gasteiger partial charge in [0.05, 0.1) is 0 Å². The van der Waals surface area contributed by atoms with Gasteiger partial charge in [-0.05, 0) is 23.3 Å². The molecule has 1 aromatic rings. The Labute approximate surface area is 75.1 Å². The van der Waals surface area contributed by atoms with Crippen LogP contribution in [0.15, 0.2) is 18.2 Å². The molecule has 2 rings (SSSR count). The summed E-state index contributed by atoms with van der Waals surface area (Å²) in [6, 6.07) is 4.68. The third kappa shape index (κ3) is 1.53. The van der Waals surface area contributed by atoms with Crippen LogP contribution < -0.4 is 5.43 Å². The molecule has 0 bridgehead atoms. The number of fused-ring (bicyclic) bond motifs is 1. The Kier molecular flexibility index (Phi) is 1.98. The molecule has 0 radical (unpaired) electrons. The van der Waals surface area contributed by atoms with Crippen molar-refractivity contribution in [1.29, 1.82) is 0 Å². The highest BCUT2D eigenvalue weighted by Gasteiger charge is 2.18. The van der Waals surface area contributed by atoms with E-state index in [-0.39, 0.29) is 5.82 Å². The quantitative estimate of drug-likeness (QED) is 0.683. The van der Waals surface area contributed by atoms with Gasteiger partial charge in [-0.2, -0.15) is 0 Å². The number of halogens is 1. The molecule has 0 fully saturated rings. The van der Waals surface area contributed by atoms with Gasteiger partial charge in [-0.3, -0.25) is 10.2 Å². The predicted molar refractivity (Wildman–Crippen MR) is 44.8 cm³/mol. The number of nitrogens with zero attached hydrogens (tertiary/aromatic N) is 1. The van der Waals surface area contributed by atoms with Crippen LogP contribution in [0, 0.1) is 5.82 Å². The second kappa shape index (κ2) is 3.14. The first-order valence-corrected chi connectivity index (χ1v) is 4.01. The molecule has 3 nitrogen and oxygen atoms in total. The molecule has 1 aliphatic rings. The minimum atomic E-state index is -0.230. The van der Waals surface area contributed by atoms with Crippen molar-refractivity contribution in [3.05, 3.63) is 35.1 Å². The molecule has 68 valence electrons. The van der Waals surface area contributed by atoms with E-state index in [2.05, 4.69) is 5.43 Å². The van der Waals surface area contributed by atoms with E-state index >= 15 is 0 Å². The molecule has 0 aliphatic carbocycles. The zero-order valence-corrected chi connectivity index (χ0v) is 6.96. The van der Waals surface area contributed by atoms with Crippen LogP contribution in [0.2, 0.25) is 0 Å². The van der Waals surface area contributed by atoms with Crippen molar-refractivity contribution in [2.75, 3.05) is 0 Å². The highest BCUT2D eigenvalue weighted by Crippen LogP contribution is 2.21. The monoisotopic (exact) mass is 180 g/mol. The molecule has 1 amide bonds. The van der Waals surface area contributed by atoms with E-state index in [0.29, 0.717) is 19.5 Å². The van der Waals surface area contributed by atoms with Gasteiger partial charge in [0.2, 0.25) is 6.41 Å². The molecule has 0 saturated carbocycles. The van der Waals surface area contributed by atoms with Crippen LogP contribution in [-0.2, 0) is 17.9 Å². The number of hydrazine groups is 1. The fourth-order valence-corrected chi connectivity index (χ4v) is 1.53. The van der Waals surface area contributed by atoms with Crippen LogP contribution in [-0.4, -0.2) is 11.4 Å². The molecular formula is C9H9FN2O. The number of carbonyl (C=O) groups is 1. The molecule has 1 N–H and O–H groups in total. The van der Waals surface area contributed by atoms with Crippen molar-refractivity contribution < 1.29 is 9.18 Å². The molecule has 0 aromatic heterocycles. The van der Waals surface area contributed by atoms with Crippen LogP contribution >= 0.6 is 0 Å². The fourth-order valence-electron chi connectivity index (χ4n) is 1.53. The minimum Gasteiger partial charge on any atom is -0.291 e. The number of benzene rings is 1. The Morgan fingerprint density at radius 2 is 2.15 bits per heavy atom. The van der Waals surface area contributed by atoms with E-state index in [1.807, 2.05) is 0 Å². The molecule has 13 heavy (non-hydrogen) atoms. The lowest BCUT2D eigenvalue weighted by Gasteiger charge is -2.10. The summed E-state index contributed by atoms with van der Waals surface area (Å²) in [4.78, 5) is 10.2. The van der Waals surface area contributed by atoms with Crippen molar-refractivity contribution in [2.24, 2.45) is 0 Å². The standard InChI is InChI=1S/C9H9FN2O/c10-9-2-1-7-4-12(11-6-13)5-8(7)3-9/h1-3,6H,4-5H2,(H,11,13). The van der Waals surface area contributed by atoms with Gasteiger partial charge < -0.3 is 0 Å². The highest BCUT2D eigenvalue weighted by molar-refractivity contribution is 5.45. The zero-order chi connectivity index (χ0) is 9.26. The number of hydrogen-bond donors (Lipinski definition) is 1. The van der Waals surface area contributed by atoms with Crippen LogP contribution in [0.3, 0.4) is 0 Å². The second-order valence-electron chi connectivity index (χ2n) is 3.02. The summed E-state index contributed by atoms with van der Waals surface area (Å²) in [5.74, 6) is -0.230. The van der Waals surface area contributed by atoms with Gasteiger partial charge in [0.15, 0.2) is 0 Å². The summed E-state index contributed by atoms with van der Waals surface area (Å²) in [5.41, 5.74) is 4.55. The van der Waals surface area contributed by atoms with Crippen LogP contribution in [0.5, 0.6) is 0 Å².